The highest BCUT2D eigenvalue weighted by Gasteiger charge is 2.15. The zero-order valence-corrected chi connectivity index (χ0v) is 10.8. The predicted molar refractivity (Wildman–Crippen MR) is 68.4 cm³/mol. The van der Waals surface area contributed by atoms with Crippen LogP contribution in [0.3, 0.4) is 0 Å². The van der Waals surface area contributed by atoms with Gasteiger partial charge in [-0.25, -0.2) is 22.8 Å². The van der Waals surface area contributed by atoms with Gasteiger partial charge in [-0.1, -0.05) is 0 Å². The number of rotatable bonds is 3. The number of halogens is 1. The van der Waals surface area contributed by atoms with Crippen LogP contribution in [0.15, 0.2) is 35.5 Å². The monoisotopic (exact) mass is 282 g/mol. The van der Waals surface area contributed by atoms with Crippen molar-refractivity contribution in [2.45, 2.75) is 11.8 Å². The van der Waals surface area contributed by atoms with E-state index in [1.807, 2.05) is 0 Å². The summed E-state index contributed by atoms with van der Waals surface area (Å²) >= 11 is 0. The standard InChI is InChI=1S/C11H11FN4O2S/c1-7-2-8(12)4-9(3-7)16-19(17,18)10-5-14-11(13)15-6-10/h2-6,16H,1H3,(H2,13,14,15). The van der Waals surface area contributed by atoms with Crippen molar-refractivity contribution in [1.29, 1.82) is 0 Å². The number of nitrogen functional groups attached to an aromatic ring is 1. The number of hydrogen-bond acceptors (Lipinski definition) is 5. The molecule has 0 saturated heterocycles. The molecule has 0 fully saturated rings. The Morgan fingerprint density at radius 2 is 1.84 bits per heavy atom. The fourth-order valence-corrected chi connectivity index (χ4v) is 2.40. The molecule has 0 atom stereocenters. The molecule has 0 saturated carbocycles. The Kier molecular flexibility index (Phi) is 3.34. The highest BCUT2D eigenvalue weighted by atomic mass is 32.2. The Hall–Kier alpha value is -2.22. The molecule has 0 unspecified atom stereocenters. The largest absolute Gasteiger partial charge is 0.368 e. The van der Waals surface area contributed by atoms with Crippen molar-refractivity contribution in [3.8, 4) is 0 Å². The molecule has 0 aliphatic rings. The molecule has 2 rings (SSSR count). The molecule has 1 aromatic carbocycles. The predicted octanol–water partition coefficient (Wildman–Crippen LogP) is 1.31. The van der Waals surface area contributed by atoms with Crippen molar-refractivity contribution in [3.05, 3.63) is 42.0 Å². The van der Waals surface area contributed by atoms with Gasteiger partial charge in [-0.05, 0) is 30.7 Å². The quantitative estimate of drug-likeness (QED) is 0.884. The number of aryl methyl sites for hydroxylation is 1. The molecule has 0 bridgehead atoms. The number of nitrogens with two attached hydrogens (primary N) is 1. The third-order valence-corrected chi connectivity index (χ3v) is 3.59. The van der Waals surface area contributed by atoms with Crippen LogP contribution in [0.2, 0.25) is 0 Å². The second kappa shape index (κ2) is 4.81. The number of hydrogen-bond donors (Lipinski definition) is 2. The molecule has 1 aromatic heterocycles. The van der Waals surface area contributed by atoms with E-state index in [1.165, 1.54) is 12.1 Å². The second-order valence-electron chi connectivity index (χ2n) is 3.90. The average Bonchev–Trinajstić information content (AvgIpc) is 2.27. The van der Waals surface area contributed by atoms with E-state index in [9.17, 15) is 12.8 Å². The highest BCUT2D eigenvalue weighted by molar-refractivity contribution is 7.92. The van der Waals surface area contributed by atoms with Gasteiger partial charge in [0.05, 0.1) is 18.1 Å². The second-order valence-corrected chi connectivity index (χ2v) is 5.58. The number of aromatic nitrogens is 2. The lowest BCUT2D eigenvalue weighted by Gasteiger charge is -2.08. The van der Waals surface area contributed by atoms with E-state index in [1.54, 1.807) is 6.92 Å². The molecule has 0 aliphatic heterocycles. The van der Waals surface area contributed by atoms with Crippen LogP contribution in [0.5, 0.6) is 0 Å². The minimum Gasteiger partial charge on any atom is -0.368 e. The summed E-state index contributed by atoms with van der Waals surface area (Å²) in [5.74, 6) is -0.549. The van der Waals surface area contributed by atoms with Crippen molar-refractivity contribution in [2.75, 3.05) is 10.5 Å². The van der Waals surface area contributed by atoms with Gasteiger partial charge >= 0.3 is 0 Å². The van der Waals surface area contributed by atoms with Crippen LogP contribution in [0, 0.1) is 12.7 Å². The topological polar surface area (TPSA) is 98.0 Å². The normalized spacial score (nSPS) is 11.3. The maximum atomic E-state index is 13.2. The Bertz CT molecular complexity index is 681. The fraction of sp³-hybridized carbons (Fsp3) is 0.0909. The van der Waals surface area contributed by atoms with Crippen LogP contribution in [-0.4, -0.2) is 18.4 Å². The third-order valence-electron chi connectivity index (χ3n) is 2.25. The third kappa shape index (κ3) is 3.16. The van der Waals surface area contributed by atoms with Gasteiger partial charge in [0.2, 0.25) is 5.95 Å². The molecule has 0 radical (unpaired) electrons. The first kappa shape index (κ1) is 13.2. The molecule has 8 heteroatoms. The van der Waals surface area contributed by atoms with Crippen molar-refractivity contribution in [1.82, 2.24) is 9.97 Å². The number of anilines is 2. The fourth-order valence-electron chi connectivity index (χ4n) is 1.47. The van der Waals surface area contributed by atoms with Crippen LogP contribution < -0.4 is 10.5 Å². The van der Waals surface area contributed by atoms with Crippen LogP contribution in [-0.2, 0) is 10.0 Å². The number of benzene rings is 1. The molecular weight excluding hydrogens is 271 g/mol. The van der Waals surface area contributed by atoms with Crippen LogP contribution in [0.4, 0.5) is 16.0 Å². The molecule has 0 spiro atoms. The number of nitrogens with zero attached hydrogens (tertiary/aromatic N) is 2. The average molecular weight is 282 g/mol. The Morgan fingerprint density at radius 3 is 2.42 bits per heavy atom. The number of nitrogens with one attached hydrogen (secondary N) is 1. The lowest BCUT2D eigenvalue weighted by Crippen LogP contribution is -2.14. The summed E-state index contributed by atoms with van der Waals surface area (Å²) in [5, 5.41) is 0. The van der Waals surface area contributed by atoms with Gasteiger partial charge < -0.3 is 5.73 Å². The molecule has 3 N–H and O–H groups in total. The summed E-state index contributed by atoms with van der Waals surface area (Å²) in [6.07, 6.45) is 2.16. The van der Waals surface area contributed by atoms with E-state index in [0.717, 1.165) is 18.5 Å². The Morgan fingerprint density at radius 1 is 1.21 bits per heavy atom. The lowest BCUT2D eigenvalue weighted by atomic mass is 10.2. The van der Waals surface area contributed by atoms with Gasteiger partial charge in [0.25, 0.3) is 10.0 Å². The smallest absolute Gasteiger partial charge is 0.264 e. The molecule has 19 heavy (non-hydrogen) atoms. The van der Waals surface area contributed by atoms with E-state index >= 15 is 0 Å². The number of sulfonamides is 1. The van der Waals surface area contributed by atoms with Crippen LogP contribution in [0.25, 0.3) is 0 Å². The summed E-state index contributed by atoms with van der Waals surface area (Å²) < 4.78 is 39.4. The molecule has 2 aromatic rings. The van der Waals surface area contributed by atoms with Gasteiger partial charge in [-0.2, -0.15) is 0 Å². The zero-order chi connectivity index (χ0) is 14.0. The van der Waals surface area contributed by atoms with Gasteiger partial charge in [-0.3, -0.25) is 4.72 Å². The summed E-state index contributed by atoms with van der Waals surface area (Å²) in [6, 6.07) is 3.89. The zero-order valence-electron chi connectivity index (χ0n) is 9.96. The maximum absolute atomic E-state index is 13.2. The van der Waals surface area contributed by atoms with E-state index in [4.69, 9.17) is 5.73 Å². The maximum Gasteiger partial charge on any atom is 0.264 e. The summed E-state index contributed by atoms with van der Waals surface area (Å²) in [6.45, 7) is 1.66. The van der Waals surface area contributed by atoms with Crippen molar-refractivity contribution in [2.24, 2.45) is 0 Å². The van der Waals surface area contributed by atoms with Crippen molar-refractivity contribution < 1.29 is 12.8 Å². The first-order valence-corrected chi connectivity index (χ1v) is 6.73. The summed E-state index contributed by atoms with van der Waals surface area (Å²) in [4.78, 5) is 7.04. The SMILES string of the molecule is Cc1cc(F)cc(NS(=O)(=O)c2cnc(N)nc2)c1. The molecule has 0 aliphatic carbocycles. The van der Waals surface area contributed by atoms with Crippen LogP contribution >= 0.6 is 0 Å². The lowest BCUT2D eigenvalue weighted by molar-refractivity contribution is 0.600. The molecule has 1 heterocycles. The summed E-state index contributed by atoms with van der Waals surface area (Å²) in [5.41, 5.74) is 6.01. The van der Waals surface area contributed by atoms with Crippen molar-refractivity contribution >= 4 is 21.7 Å². The van der Waals surface area contributed by atoms with E-state index < -0.39 is 15.8 Å². The summed E-state index contributed by atoms with van der Waals surface area (Å²) in [7, 11) is -3.86. The van der Waals surface area contributed by atoms with Gasteiger partial charge in [0.15, 0.2) is 0 Å². The minimum absolute atomic E-state index is 0.0273. The van der Waals surface area contributed by atoms with Gasteiger partial charge in [0.1, 0.15) is 10.7 Å². The molecule has 0 amide bonds. The molecule has 100 valence electrons. The van der Waals surface area contributed by atoms with E-state index in [0.29, 0.717) is 5.56 Å². The molecular formula is C11H11FN4O2S. The minimum atomic E-state index is -3.86. The van der Waals surface area contributed by atoms with Crippen molar-refractivity contribution in [3.63, 3.8) is 0 Å². The van der Waals surface area contributed by atoms with Gasteiger partial charge in [-0.15, -0.1) is 0 Å². The molecule has 6 nitrogen and oxygen atoms in total. The first-order chi connectivity index (χ1) is 8.87. The van der Waals surface area contributed by atoms with Gasteiger partial charge in [0, 0.05) is 0 Å². The highest BCUT2D eigenvalue weighted by Crippen LogP contribution is 2.17. The van der Waals surface area contributed by atoms with Crippen LogP contribution in [0.1, 0.15) is 5.56 Å². The van der Waals surface area contributed by atoms with E-state index in [-0.39, 0.29) is 16.5 Å². The Balaban J connectivity index is 2.33. The van der Waals surface area contributed by atoms with E-state index in [2.05, 4.69) is 14.7 Å². The Labute approximate surface area is 109 Å². The first-order valence-electron chi connectivity index (χ1n) is 5.24.